The number of aromatic nitrogens is 1. The number of rotatable bonds is 7. The van der Waals surface area contributed by atoms with Gasteiger partial charge in [0.15, 0.2) is 0 Å². The van der Waals surface area contributed by atoms with Gasteiger partial charge in [-0.05, 0) is 48.5 Å². The van der Waals surface area contributed by atoms with E-state index in [1.165, 1.54) is 35.6 Å². The highest BCUT2D eigenvalue weighted by molar-refractivity contribution is 7.92. The molecule has 2 aromatic carbocycles. The summed E-state index contributed by atoms with van der Waals surface area (Å²) in [7, 11) is -2.19. The van der Waals surface area contributed by atoms with Crippen LogP contribution in [0.5, 0.6) is 0 Å². The SMILES string of the molecule is CN(c1ccccc1)S(=O)(=O)c1ccc(C(=O)NCCc2ccccn2)cc1. The van der Waals surface area contributed by atoms with E-state index in [9.17, 15) is 13.2 Å². The third-order valence-corrected chi connectivity index (χ3v) is 6.09. The first kappa shape index (κ1) is 19.6. The van der Waals surface area contributed by atoms with Gasteiger partial charge in [-0.3, -0.25) is 14.1 Å². The van der Waals surface area contributed by atoms with Crippen LogP contribution in [0.3, 0.4) is 0 Å². The maximum absolute atomic E-state index is 12.8. The summed E-state index contributed by atoms with van der Waals surface area (Å²) in [6.07, 6.45) is 2.34. The quantitative estimate of drug-likeness (QED) is 0.667. The molecule has 0 aliphatic carbocycles. The van der Waals surface area contributed by atoms with Gasteiger partial charge in [0.05, 0.1) is 10.6 Å². The number of amides is 1. The average Bonchev–Trinajstić information content (AvgIpc) is 2.74. The molecule has 28 heavy (non-hydrogen) atoms. The molecule has 0 radical (unpaired) electrons. The largest absolute Gasteiger partial charge is 0.352 e. The van der Waals surface area contributed by atoms with Crippen molar-refractivity contribution >= 4 is 21.6 Å². The van der Waals surface area contributed by atoms with Crippen molar-refractivity contribution in [1.29, 1.82) is 0 Å². The van der Waals surface area contributed by atoms with Gasteiger partial charge in [-0.15, -0.1) is 0 Å². The van der Waals surface area contributed by atoms with Gasteiger partial charge in [-0.25, -0.2) is 8.42 Å². The van der Waals surface area contributed by atoms with Crippen molar-refractivity contribution in [3.8, 4) is 0 Å². The van der Waals surface area contributed by atoms with Crippen molar-refractivity contribution in [2.75, 3.05) is 17.9 Å². The topological polar surface area (TPSA) is 79.4 Å². The summed E-state index contributed by atoms with van der Waals surface area (Å²) < 4.78 is 26.7. The van der Waals surface area contributed by atoms with Crippen molar-refractivity contribution in [3.63, 3.8) is 0 Å². The summed E-state index contributed by atoms with van der Waals surface area (Å²) in [5.41, 5.74) is 1.87. The Morgan fingerprint density at radius 1 is 0.964 bits per heavy atom. The van der Waals surface area contributed by atoms with Crippen LogP contribution in [-0.4, -0.2) is 32.9 Å². The monoisotopic (exact) mass is 395 g/mol. The van der Waals surface area contributed by atoms with E-state index in [-0.39, 0.29) is 10.8 Å². The van der Waals surface area contributed by atoms with Crippen molar-refractivity contribution in [1.82, 2.24) is 10.3 Å². The molecule has 1 aromatic heterocycles. The van der Waals surface area contributed by atoms with E-state index in [4.69, 9.17) is 0 Å². The Labute approximate surface area is 164 Å². The minimum atomic E-state index is -3.69. The molecule has 6 nitrogen and oxygen atoms in total. The fourth-order valence-corrected chi connectivity index (χ4v) is 3.86. The zero-order valence-electron chi connectivity index (χ0n) is 15.4. The van der Waals surface area contributed by atoms with Crippen LogP contribution in [-0.2, 0) is 16.4 Å². The number of nitrogens with zero attached hydrogens (tertiary/aromatic N) is 2. The summed E-state index contributed by atoms with van der Waals surface area (Å²) in [4.78, 5) is 16.6. The normalized spacial score (nSPS) is 11.0. The minimum Gasteiger partial charge on any atom is -0.352 e. The van der Waals surface area contributed by atoms with E-state index in [1.807, 2.05) is 24.3 Å². The van der Waals surface area contributed by atoms with Crippen LogP contribution in [0.25, 0.3) is 0 Å². The van der Waals surface area contributed by atoms with Crippen LogP contribution in [0.15, 0.2) is 83.9 Å². The fraction of sp³-hybridized carbons (Fsp3) is 0.143. The molecule has 0 bridgehead atoms. The highest BCUT2D eigenvalue weighted by atomic mass is 32.2. The van der Waals surface area contributed by atoms with Gasteiger partial charge >= 0.3 is 0 Å². The Morgan fingerprint density at radius 2 is 1.64 bits per heavy atom. The summed E-state index contributed by atoms with van der Waals surface area (Å²) in [6, 6.07) is 20.4. The fourth-order valence-electron chi connectivity index (χ4n) is 2.67. The van der Waals surface area contributed by atoms with E-state index in [2.05, 4.69) is 10.3 Å². The van der Waals surface area contributed by atoms with E-state index in [1.54, 1.807) is 30.5 Å². The Kier molecular flexibility index (Phi) is 6.06. The lowest BCUT2D eigenvalue weighted by atomic mass is 10.2. The van der Waals surface area contributed by atoms with E-state index in [0.717, 1.165) is 5.69 Å². The van der Waals surface area contributed by atoms with E-state index in [0.29, 0.717) is 24.2 Å². The third kappa shape index (κ3) is 4.55. The van der Waals surface area contributed by atoms with Crippen LogP contribution >= 0.6 is 0 Å². The predicted molar refractivity (Wildman–Crippen MR) is 109 cm³/mol. The number of pyridine rings is 1. The molecular formula is C21H21N3O3S. The summed E-state index contributed by atoms with van der Waals surface area (Å²) in [6.45, 7) is 0.451. The number of nitrogens with one attached hydrogen (secondary N) is 1. The second kappa shape index (κ2) is 8.67. The van der Waals surface area contributed by atoms with Gasteiger partial charge in [0, 0.05) is 37.5 Å². The lowest BCUT2D eigenvalue weighted by Crippen LogP contribution is -2.27. The molecule has 0 saturated carbocycles. The number of carbonyl (C=O) groups is 1. The lowest BCUT2D eigenvalue weighted by molar-refractivity contribution is 0.0954. The first-order valence-corrected chi connectivity index (χ1v) is 10.2. The Balaban J connectivity index is 1.64. The molecule has 144 valence electrons. The van der Waals surface area contributed by atoms with Gasteiger partial charge in [0.25, 0.3) is 15.9 Å². The lowest BCUT2D eigenvalue weighted by Gasteiger charge is -2.19. The number of sulfonamides is 1. The van der Waals surface area contributed by atoms with Crippen LogP contribution in [0.1, 0.15) is 16.1 Å². The van der Waals surface area contributed by atoms with Crippen molar-refractivity contribution in [3.05, 3.63) is 90.3 Å². The number of hydrogen-bond acceptors (Lipinski definition) is 4. The second-order valence-corrected chi connectivity index (χ2v) is 8.13. The summed E-state index contributed by atoms with van der Waals surface area (Å²) >= 11 is 0. The van der Waals surface area contributed by atoms with Crippen LogP contribution in [0.4, 0.5) is 5.69 Å². The van der Waals surface area contributed by atoms with E-state index < -0.39 is 10.0 Å². The number of benzene rings is 2. The molecule has 0 unspecified atom stereocenters. The average molecular weight is 395 g/mol. The molecular weight excluding hydrogens is 374 g/mol. The molecule has 0 aliphatic heterocycles. The zero-order valence-corrected chi connectivity index (χ0v) is 16.3. The van der Waals surface area contributed by atoms with Crippen molar-refractivity contribution in [2.45, 2.75) is 11.3 Å². The van der Waals surface area contributed by atoms with Gasteiger partial charge in [-0.2, -0.15) is 0 Å². The molecule has 0 aliphatic rings. The molecule has 3 aromatic rings. The van der Waals surface area contributed by atoms with Crippen LogP contribution in [0.2, 0.25) is 0 Å². The van der Waals surface area contributed by atoms with Gasteiger partial charge in [0.1, 0.15) is 0 Å². The molecule has 0 spiro atoms. The van der Waals surface area contributed by atoms with Gasteiger partial charge in [-0.1, -0.05) is 24.3 Å². The molecule has 0 fully saturated rings. The standard InChI is InChI=1S/C21H21N3O3S/c1-24(19-8-3-2-4-9-19)28(26,27)20-12-10-17(11-13-20)21(25)23-16-14-18-7-5-6-15-22-18/h2-13,15H,14,16H2,1H3,(H,23,25). The molecule has 1 heterocycles. The summed E-state index contributed by atoms with van der Waals surface area (Å²) in [5, 5.41) is 2.82. The van der Waals surface area contributed by atoms with Crippen LogP contribution < -0.4 is 9.62 Å². The Hall–Kier alpha value is -3.19. The molecule has 3 rings (SSSR count). The van der Waals surface area contributed by atoms with Crippen LogP contribution in [0, 0.1) is 0 Å². The maximum atomic E-state index is 12.8. The molecule has 1 amide bonds. The minimum absolute atomic E-state index is 0.129. The molecule has 0 saturated heterocycles. The highest BCUT2D eigenvalue weighted by Crippen LogP contribution is 2.21. The first-order chi connectivity index (χ1) is 13.5. The van der Waals surface area contributed by atoms with Crippen molar-refractivity contribution < 1.29 is 13.2 Å². The molecule has 0 atom stereocenters. The van der Waals surface area contributed by atoms with Gasteiger partial charge < -0.3 is 5.32 Å². The van der Waals surface area contributed by atoms with Crippen molar-refractivity contribution in [2.24, 2.45) is 0 Å². The Morgan fingerprint density at radius 3 is 2.29 bits per heavy atom. The highest BCUT2D eigenvalue weighted by Gasteiger charge is 2.21. The predicted octanol–water partition coefficient (Wildman–Crippen LogP) is 2.88. The zero-order chi connectivity index (χ0) is 20.0. The van der Waals surface area contributed by atoms with E-state index >= 15 is 0 Å². The maximum Gasteiger partial charge on any atom is 0.264 e. The summed E-state index contributed by atoms with van der Waals surface area (Å²) in [5.74, 6) is -0.253. The smallest absolute Gasteiger partial charge is 0.264 e. The number of anilines is 1. The number of hydrogen-bond donors (Lipinski definition) is 1. The Bertz CT molecular complexity index is 1020. The molecule has 7 heteroatoms. The third-order valence-electron chi connectivity index (χ3n) is 4.29. The number of para-hydroxylation sites is 1. The second-order valence-electron chi connectivity index (χ2n) is 6.16. The number of carbonyl (C=O) groups excluding carboxylic acids is 1. The molecule has 1 N–H and O–H groups in total. The van der Waals surface area contributed by atoms with Gasteiger partial charge in [0.2, 0.25) is 0 Å². The first-order valence-electron chi connectivity index (χ1n) is 8.80.